The number of aliphatic imine (C=N–C) groups is 1. The molecule has 1 aliphatic heterocycles. The Labute approximate surface area is 155 Å². The Kier molecular flexibility index (Phi) is 13.4. The highest BCUT2D eigenvalue weighted by Crippen LogP contribution is 2.13. The molecule has 0 aliphatic carbocycles. The second-order valence-electron chi connectivity index (χ2n) is 4.67. The molecule has 24 heavy (non-hydrogen) atoms. The first-order chi connectivity index (χ1) is 11.6. The zero-order valence-electron chi connectivity index (χ0n) is 15.5. The number of nitrogens with zero attached hydrogens (tertiary/aromatic N) is 2. The van der Waals surface area contributed by atoms with Crippen molar-refractivity contribution in [3.63, 3.8) is 0 Å². The van der Waals surface area contributed by atoms with Crippen LogP contribution in [0.2, 0.25) is 0 Å². The standard InChI is InChI=1S/C11H13N3S.C5H10OS.C2H6/c1-8-3-5-9(6-4-8)10-7-15-11(12-2)14-13-10;1-3-5(4-6)7-2;1-2/h3-6H,7H2,1-2H3,(H,12,14);4-5H,3H2,1-2H3;1-2H3. The number of amidine groups is 1. The van der Waals surface area contributed by atoms with Gasteiger partial charge in [0.1, 0.15) is 6.29 Å². The largest absolute Gasteiger partial charge is 0.302 e. The summed E-state index contributed by atoms with van der Waals surface area (Å²) < 4.78 is 0. The topological polar surface area (TPSA) is 53.8 Å². The van der Waals surface area contributed by atoms with Crippen LogP contribution >= 0.6 is 23.5 Å². The Morgan fingerprint density at radius 3 is 2.33 bits per heavy atom. The third-order valence-corrected chi connectivity index (χ3v) is 5.09. The van der Waals surface area contributed by atoms with Crippen LogP contribution in [0, 0.1) is 6.92 Å². The molecule has 0 radical (unpaired) electrons. The quantitative estimate of drug-likeness (QED) is 0.803. The van der Waals surface area contributed by atoms with E-state index in [0.717, 1.165) is 29.3 Å². The number of aldehydes is 1. The summed E-state index contributed by atoms with van der Waals surface area (Å²) in [5.41, 5.74) is 6.46. The van der Waals surface area contributed by atoms with Crippen LogP contribution in [0.5, 0.6) is 0 Å². The van der Waals surface area contributed by atoms with Crippen LogP contribution in [-0.2, 0) is 4.79 Å². The Balaban J connectivity index is 0.000000501. The van der Waals surface area contributed by atoms with E-state index in [4.69, 9.17) is 0 Å². The molecule has 0 aromatic heterocycles. The van der Waals surface area contributed by atoms with Crippen molar-refractivity contribution < 1.29 is 4.79 Å². The summed E-state index contributed by atoms with van der Waals surface area (Å²) in [5.74, 6) is 0.878. The van der Waals surface area contributed by atoms with Crippen molar-refractivity contribution in [3.8, 4) is 0 Å². The van der Waals surface area contributed by atoms with Crippen molar-refractivity contribution in [2.75, 3.05) is 19.1 Å². The van der Waals surface area contributed by atoms with Gasteiger partial charge in [-0.15, -0.1) is 0 Å². The van der Waals surface area contributed by atoms with Crippen LogP contribution in [0.3, 0.4) is 0 Å². The van der Waals surface area contributed by atoms with Gasteiger partial charge in [-0.05, 0) is 25.2 Å². The van der Waals surface area contributed by atoms with Gasteiger partial charge in [0.2, 0.25) is 0 Å². The first-order valence-electron chi connectivity index (χ1n) is 8.11. The zero-order chi connectivity index (χ0) is 18.4. The molecule has 0 amide bonds. The molecule has 1 atom stereocenters. The number of hydrazone groups is 1. The van der Waals surface area contributed by atoms with E-state index in [9.17, 15) is 4.79 Å². The van der Waals surface area contributed by atoms with Crippen molar-refractivity contribution in [1.82, 2.24) is 5.43 Å². The maximum absolute atomic E-state index is 9.95. The number of aryl methyl sites for hydroxylation is 1. The van der Waals surface area contributed by atoms with E-state index in [1.165, 1.54) is 11.1 Å². The molecule has 0 spiro atoms. The number of carbonyl (C=O) groups is 1. The zero-order valence-corrected chi connectivity index (χ0v) is 17.1. The second kappa shape index (κ2) is 14.1. The van der Waals surface area contributed by atoms with Crippen LogP contribution in [0.1, 0.15) is 38.3 Å². The molecule has 6 heteroatoms. The average Bonchev–Trinajstić information content (AvgIpc) is 2.66. The molecule has 4 nitrogen and oxygen atoms in total. The van der Waals surface area contributed by atoms with Gasteiger partial charge in [0, 0.05) is 12.8 Å². The van der Waals surface area contributed by atoms with Crippen molar-refractivity contribution in [3.05, 3.63) is 35.4 Å². The summed E-state index contributed by atoms with van der Waals surface area (Å²) in [6.07, 6.45) is 3.89. The molecule has 0 bridgehead atoms. The fourth-order valence-corrected chi connectivity index (χ4v) is 2.83. The molecule has 1 aliphatic rings. The Bertz CT molecular complexity index is 524. The number of hydrogen-bond acceptors (Lipinski definition) is 5. The number of carbonyl (C=O) groups excluding carboxylic acids is 1. The van der Waals surface area contributed by atoms with E-state index in [-0.39, 0.29) is 5.25 Å². The minimum Gasteiger partial charge on any atom is -0.302 e. The number of rotatable bonds is 4. The van der Waals surface area contributed by atoms with Crippen LogP contribution in [0.4, 0.5) is 0 Å². The van der Waals surface area contributed by atoms with Crippen molar-refractivity contribution in [2.24, 2.45) is 10.1 Å². The smallest absolute Gasteiger partial charge is 0.177 e. The SMILES string of the molecule is CC.CCC(C=O)SC.CN=C1NN=C(c2ccc(C)cc2)CS1. The van der Waals surface area contributed by atoms with Crippen molar-refractivity contribution in [2.45, 2.75) is 39.4 Å². The molecule has 2 rings (SSSR count). The molecule has 134 valence electrons. The van der Waals surface area contributed by atoms with Crippen molar-refractivity contribution >= 4 is 40.7 Å². The number of nitrogens with one attached hydrogen (secondary N) is 1. The van der Waals surface area contributed by atoms with Gasteiger partial charge in [0.15, 0.2) is 5.17 Å². The van der Waals surface area contributed by atoms with Gasteiger partial charge in [-0.1, -0.05) is 62.4 Å². The highest BCUT2D eigenvalue weighted by Gasteiger charge is 2.11. The molecule has 1 aromatic carbocycles. The molecule has 0 saturated heterocycles. The highest BCUT2D eigenvalue weighted by molar-refractivity contribution is 8.14. The third kappa shape index (κ3) is 8.55. The third-order valence-electron chi connectivity index (χ3n) is 3.08. The second-order valence-corrected chi connectivity index (χ2v) is 6.71. The highest BCUT2D eigenvalue weighted by atomic mass is 32.2. The normalized spacial score (nSPS) is 15.8. The summed E-state index contributed by atoms with van der Waals surface area (Å²) in [7, 11) is 1.77. The molecule has 0 fully saturated rings. The molecule has 0 saturated carbocycles. The monoisotopic (exact) mass is 367 g/mol. The summed E-state index contributed by atoms with van der Waals surface area (Å²) in [5, 5.41) is 5.40. The number of thioether (sulfide) groups is 2. The molecular formula is C18H29N3OS2. The maximum atomic E-state index is 9.95. The Hall–Kier alpha value is -1.27. The molecule has 1 N–H and O–H groups in total. The van der Waals surface area contributed by atoms with E-state index >= 15 is 0 Å². The van der Waals surface area contributed by atoms with Crippen LogP contribution in [-0.4, -0.2) is 41.5 Å². The summed E-state index contributed by atoms with van der Waals surface area (Å²) >= 11 is 3.28. The van der Waals surface area contributed by atoms with E-state index in [1.807, 2.05) is 27.0 Å². The number of hydrogen-bond donors (Lipinski definition) is 1. The van der Waals surface area contributed by atoms with Gasteiger partial charge in [-0.25, -0.2) is 0 Å². The number of benzene rings is 1. The fraction of sp³-hybridized carbons (Fsp3) is 0.500. The van der Waals surface area contributed by atoms with Crippen LogP contribution in [0.25, 0.3) is 0 Å². The molecule has 1 aromatic rings. The molecule has 1 heterocycles. The Morgan fingerprint density at radius 1 is 1.38 bits per heavy atom. The average molecular weight is 368 g/mol. The lowest BCUT2D eigenvalue weighted by Crippen LogP contribution is -2.25. The van der Waals surface area contributed by atoms with E-state index in [1.54, 1.807) is 30.6 Å². The van der Waals surface area contributed by atoms with Crippen LogP contribution in [0.15, 0.2) is 34.4 Å². The summed E-state index contributed by atoms with van der Waals surface area (Å²) in [4.78, 5) is 14.0. The first kappa shape index (κ1) is 22.7. The molecular weight excluding hydrogens is 338 g/mol. The lowest BCUT2D eigenvalue weighted by Gasteiger charge is -2.14. The van der Waals surface area contributed by atoms with Gasteiger partial charge in [0.05, 0.1) is 11.0 Å². The van der Waals surface area contributed by atoms with E-state index < -0.39 is 0 Å². The lowest BCUT2D eigenvalue weighted by molar-refractivity contribution is -0.107. The van der Waals surface area contributed by atoms with Gasteiger partial charge >= 0.3 is 0 Å². The van der Waals surface area contributed by atoms with Gasteiger partial charge in [-0.2, -0.15) is 16.9 Å². The van der Waals surface area contributed by atoms with Gasteiger partial charge < -0.3 is 4.79 Å². The minimum absolute atomic E-state index is 0.222. The predicted molar refractivity (Wildman–Crippen MR) is 112 cm³/mol. The van der Waals surface area contributed by atoms with E-state index in [2.05, 4.69) is 46.7 Å². The lowest BCUT2D eigenvalue weighted by atomic mass is 10.1. The van der Waals surface area contributed by atoms with Crippen LogP contribution < -0.4 is 5.43 Å². The minimum atomic E-state index is 0.222. The first-order valence-corrected chi connectivity index (χ1v) is 10.4. The summed E-state index contributed by atoms with van der Waals surface area (Å²) in [6.45, 7) is 8.09. The van der Waals surface area contributed by atoms with Gasteiger partial charge in [0.25, 0.3) is 0 Å². The Morgan fingerprint density at radius 2 is 2.00 bits per heavy atom. The maximum Gasteiger partial charge on any atom is 0.177 e. The summed E-state index contributed by atoms with van der Waals surface area (Å²) in [6, 6.07) is 8.41. The van der Waals surface area contributed by atoms with Crippen molar-refractivity contribution in [1.29, 1.82) is 0 Å². The van der Waals surface area contributed by atoms with Gasteiger partial charge in [-0.3, -0.25) is 10.4 Å². The van der Waals surface area contributed by atoms with E-state index in [0.29, 0.717) is 0 Å². The predicted octanol–water partition coefficient (Wildman–Crippen LogP) is 4.37. The fourth-order valence-electron chi connectivity index (χ4n) is 1.64. The molecule has 1 unspecified atom stereocenters.